The lowest BCUT2D eigenvalue weighted by Gasteiger charge is -2.24. The Hall–Kier alpha value is -3.61. The van der Waals surface area contributed by atoms with Crippen molar-refractivity contribution in [3.05, 3.63) is 70.9 Å². The normalized spacial score (nSPS) is 13.9. The van der Waals surface area contributed by atoms with E-state index in [1.54, 1.807) is 0 Å². The number of carbonyl (C=O) groups excluding carboxylic acids is 3. The maximum absolute atomic E-state index is 13.1. The van der Waals surface area contributed by atoms with Crippen LogP contribution in [0.2, 0.25) is 0 Å². The Labute approximate surface area is 194 Å². The number of nitrogens with one attached hydrogen (secondary N) is 2. The number of aryl methyl sites for hydroxylation is 3. The van der Waals surface area contributed by atoms with E-state index in [1.165, 1.54) is 23.6 Å². The zero-order valence-electron chi connectivity index (χ0n) is 19.6. The summed E-state index contributed by atoms with van der Waals surface area (Å²) in [5, 5.41) is 6.17. The minimum absolute atomic E-state index is 0.0393. The van der Waals surface area contributed by atoms with Crippen molar-refractivity contribution in [2.75, 3.05) is 23.9 Å². The highest BCUT2D eigenvalue weighted by atomic mass is 16.5. The second kappa shape index (κ2) is 10.8. The third kappa shape index (κ3) is 6.44. The molecule has 7 nitrogen and oxygen atoms in total. The van der Waals surface area contributed by atoms with Crippen molar-refractivity contribution in [2.24, 2.45) is 0 Å². The number of methoxy groups -OCH3 is 1. The Balaban J connectivity index is 1.74. The standard InChI is InChI=1S/C26H31N3O4/c1-17-12-22-23(13-18(17)2)29(25(31)14-21(28-22)15-26(32)33-4)16-24(30)27-19(3)10-11-20-8-6-5-7-9-20/h5-9,12-14,19,28H,10-11,15-16H2,1-4H3,(H,27,30). The summed E-state index contributed by atoms with van der Waals surface area (Å²) < 4.78 is 4.74. The van der Waals surface area contributed by atoms with Gasteiger partial charge in [-0.05, 0) is 62.4 Å². The van der Waals surface area contributed by atoms with Gasteiger partial charge in [-0.15, -0.1) is 0 Å². The molecule has 1 aliphatic heterocycles. The average molecular weight is 450 g/mol. The molecule has 0 bridgehead atoms. The van der Waals surface area contributed by atoms with E-state index in [4.69, 9.17) is 4.74 Å². The van der Waals surface area contributed by atoms with Gasteiger partial charge in [0.1, 0.15) is 6.54 Å². The maximum Gasteiger partial charge on any atom is 0.311 e. The first kappa shape index (κ1) is 24.0. The fourth-order valence-corrected chi connectivity index (χ4v) is 3.73. The van der Waals surface area contributed by atoms with E-state index >= 15 is 0 Å². The SMILES string of the molecule is COC(=O)CC1=CC(=O)N(CC(=O)NC(C)CCc2ccccc2)c2cc(C)c(C)cc2N1. The fourth-order valence-electron chi connectivity index (χ4n) is 3.73. The van der Waals surface area contributed by atoms with Gasteiger partial charge in [0.15, 0.2) is 0 Å². The predicted octanol–water partition coefficient (Wildman–Crippen LogP) is 3.65. The summed E-state index contributed by atoms with van der Waals surface area (Å²) in [5.41, 5.74) is 4.95. The van der Waals surface area contributed by atoms with Crippen LogP contribution in [0.25, 0.3) is 0 Å². The van der Waals surface area contributed by atoms with E-state index in [1.807, 2.05) is 51.1 Å². The molecule has 33 heavy (non-hydrogen) atoms. The van der Waals surface area contributed by atoms with E-state index < -0.39 is 5.97 Å². The fraction of sp³-hybridized carbons (Fsp3) is 0.346. The van der Waals surface area contributed by atoms with Gasteiger partial charge in [0.05, 0.1) is 24.9 Å². The Kier molecular flexibility index (Phi) is 7.87. The van der Waals surface area contributed by atoms with Gasteiger partial charge in [-0.1, -0.05) is 30.3 Å². The lowest BCUT2D eigenvalue weighted by Crippen LogP contribution is -2.43. The number of anilines is 2. The van der Waals surface area contributed by atoms with Gasteiger partial charge in [-0.2, -0.15) is 0 Å². The van der Waals surface area contributed by atoms with Crippen molar-refractivity contribution in [1.82, 2.24) is 5.32 Å². The summed E-state index contributed by atoms with van der Waals surface area (Å²) >= 11 is 0. The van der Waals surface area contributed by atoms with Crippen LogP contribution >= 0.6 is 0 Å². The second-order valence-corrected chi connectivity index (χ2v) is 8.42. The molecule has 2 aromatic carbocycles. The van der Waals surface area contributed by atoms with Crippen molar-refractivity contribution >= 4 is 29.2 Å². The second-order valence-electron chi connectivity index (χ2n) is 8.42. The highest BCUT2D eigenvalue weighted by molar-refractivity contribution is 6.09. The molecule has 0 aromatic heterocycles. The van der Waals surface area contributed by atoms with E-state index in [0.29, 0.717) is 17.1 Å². The van der Waals surface area contributed by atoms with Crippen molar-refractivity contribution in [2.45, 2.75) is 46.1 Å². The van der Waals surface area contributed by atoms with Crippen molar-refractivity contribution < 1.29 is 19.1 Å². The van der Waals surface area contributed by atoms with Crippen molar-refractivity contribution in [3.8, 4) is 0 Å². The molecule has 1 aliphatic rings. The number of nitrogens with zero attached hydrogens (tertiary/aromatic N) is 1. The lowest BCUT2D eigenvalue weighted by atomic mass is 10.1. The summed E-state index contributed by atoms with van der Waals surface area (Å²) in [6, 6.07) is 13.9. The number of amides is 2. The molecular formula is C26H31N3O4. The van der Waals surface area contributed by atoms with Gasteiger partial charge in [-0.3, -0.25) is 19.3 Å². The number of hydrogen-bond acceptors (Lipinski definition) is 5. The molecule has 0 saturated carbocycles. The van der Waals surface area contributed by atoms with Crippen molar-refractivity contribution in [1.29, 1.82) is 0 Å². The largest absolute Gasteiger partial charge is 0.469 e. The van der Waals surface area contributed by atoms with Crippen LogP contribution in [0.3, 0.4) is 0 Å². The van der Waals surface area contributed by atoms with Crippen LogP contribution < -0.4 is 15.5 Å². The molecule has 1 heterocycles. The van der Waals surface area contributed by atoms with Gasteiger partial charge in [0, 0.05) is 17.8 Å². The number of rotatable bonds is 8. The van der Waals surface area contributed by atoms with Crippen LogP contribution in [0, 0.1) is 13.8 Å². The van der Waals surface area contributed by atoms with Crippen molar-refractivity contribution in [3.63, 3.8) is 0 Å². The molecule has 0 radical (unpaired) electrons. The lowest BCUT2D eigenvalue weighted by molar-refractivity contribution is -0.139. The molecule has 0 aliphatic carbocycles. The molecule has 0 fully saturated rings. The first-order chi connectivity index (χ1) is 15.8. The van der Waals surface area contributed by atoms with Gasteiger partial charge >= 0.3 is 5.97 Å². The van der Waals surface area contributed by atoms with Crippen LogP contribution in [-0.2, 0) is 25.5 Å². The Bertz CT molecular complexity index is 1060. The number of ether oxygens (including phenoxy) is 1. The van der Waals surface area contributed by atoms with E-state index in [0.717, 1.165) is 24.0 Å². The minimum Gasteiger partial charge on any atom is -0.469 e. The summed E-state index contributed by atoms with van der Waals surface area (Å²) in [7, 11) is 1.30. The Morgan fingerprint density at radius 1 is 1.12 bits per heavy atom. The molecule has 2 amide bonds. The summed E-state index contributed by atoms with van der Waals surface area (Å²) in [5.74, 6) is -1.06. The van der Waals surface area contributed by atoms with Gasteiger partial charge in [-0.25, -0.2) is 0 Å². The number of fused-ring (bicyclic) bond motifs is 1. The first-order valence-electron chi connectivity index (χ1n) is 11.1. The quantitative estimate of drug-likeness (QED) is 0.601. The number of benzene rings is 2. The zero-order valence-corrected chi connectivity index (χ0v) is 19.6. The molecule has 2 aromatic rings. The molecular weight excluding hydrogens is 418 g/mol. The van der Waals surface area contributed by atoms with E-state index in [2.05, 4.69) is 22.8 Å². The number of hydrogen-bond donors (Lipinski definition) is 2. The van der Waals surface area contributed by atoms with Crippen LogP contribution in [0.5, 0.6) is 0 Å². The highest BCUT2D eigenvalue weighted by Crippen LogP contribution is 2.33. The Morgan fingerprint density at radius 3 is 2.52 bits per heavy atom. The van der Waals surface area contributed by atoms with Gasteiger partial charge in [0.2, 0.25) is 5.91 Å². The van der Waals surface area contributed by atoms with E-state index in [9.17, 15) is 14.4 Å². The smallest absolute Gasteiger partial charge is 0.311 e. The van der Waals surface area contributed by atoms with E-state index in [-0.39, 0.29) is 30.8 Å². The van der Waals surface area contributed by atoms with Crippen LogP contribution in [0.4, 0.5) is 11.4 Å². The molecule has 3 rings (SSSR count). The summed E-state index contributed by atoms with van der Waals surface area (Å²) in [6.07, 6.45) is 2.94. The molecule has 174 valence electrons. The highest BCUT2D eigenvalue weighted by Gasteiger charge is 2.26. The Morgan fingerprint density at radius 2 is 1.82 bits per heavy atom. The summed E-state index contributed by atoms with van der Waals surface area (Å²) in [4.78, 5) is 39.1. The zero-order chi connectivity index (χ0) is 24.0. The molecule has 0 saturated heterocycles. The topological polar surface area (TPSA) is 87.7 Å². The molecule has 2 N–H and O–H groups in total. The number of carbonyl (C=O) groups is 3. The summed E-state index contributed by atoms with van der Waals surface area (Å²) in [6.45, 7) is 5.77. The van der Waals surface area contributed by atoms with Crippen LogP contribution in [0.15, 0.2) is 54.2 Å². The predicted molar refractivity (Wildman–Crippen MR) is 129 cm³/mol. The number of esters is 1. The maximum atomic E-state index is 13.1. The monoisotopic (exact) mass is 449 g/mol. The molecule has 0 spiro atoms. The van der Waals surface area contributed by atoms with Gasteiger partial charge < -0.3 is 15.4 Å². The third-order valence-corrected chi connectivity index (χ3v) is 5.74. The molecule has 1 unspecified atom stereocenters. The third-order valence-electron chi connectivity index (χ3n) is 5.74. The molecule has 1 atom stereocenters. The van der Waals surface area contributed by atoms with Crippen LogP contribution in [-0.4, -0.2) is 37.5 Å². The minimum atomic E-state index is -0.453. The average Bonchev–Trinajstić information content (AvgIpc) is 2.89. The molecule has 7 heteroatoms. The van der Waals surface area contributed by atoms with Crippen LogP contribution in [0.1, 0.15) is 36.5 Å². The van der Waals surface area contributed by atoms with Gasteiger partial charge in [0.25, 0.3) is 5.91 Å². The first-order valence-corrected chi connectivity index (χ1v) is 11.1.